The molecular weight excluding hydrogens is 631 g/mol. The molecule has 10 nitrogen and oxygen atoms in total. The smallest absolute Gasteiger partial charge is 0.248 e. The van der Waals surface area contributed by atoms with Gasteiger partial charge in [0.05, 0.1) is 24.8 Å². The Morgan fingerprint density at radius 3 is 2.49 bits per heavy atom. The first-order valence-electron chi connectivity index (χ1n) is 15.6. The number of hydrogen-bond donors (Lipinski definition) is 3. The summed E-state index contributed by atoms with van der Waals surface area (Å²) >= 11 is 0. The summed E-state index contributed by atoms with van der Waals surface area (Å²) in [6, 6.07) is 4.92. The van der Waals surface area contributed by atoms with Crippen LogP contribution in [0.5, 0.6) is 5.75 Å². The summed E-state index contributed by atoms with van der Waals surface area (Å²) in [5.74, 6) is -3.56. The Balaban J connectivity index is 0.00000276. The van der Waals surface area contributed by atoms with Crippen LogP contribution in [0.4, 0.5) is 8.78 Å². The van der Waals surface area contributed by atoms with Crippen LogP contribution in [0.25, 0.3) is 0 Å². The van der Waals surface area contributed by atoms with E-state index in [-0.39, 0.29) is 86.4 Å². The Morgan fingerprint density at radius 1 is 1.09 bits per heavy atom. The van der Waals surface area contributed by atoms with Crippen LogP contribution in [-0.4, -0.2) is 104 Å². The zero-order valence-corrected chi connectivity index (χ0v) is 27.8. The summed E-state index contributed by atoms with van der Waals surface area (Å²) < 4.78 is 39.9. The maximum absolute atomic E-state index is 14.5. The van der Waals surface area contributed by atoms with E-state index in [4.69, 9.17) is 9.47 Å². The molecule has 3 amide bonds. The maximum atomic E-state index is 14.5. The first kappa shape index (κ1) is 37.2. The van der Waals surface area contributed by atoms with E-state index < -0.39 is 30.0 Å². The van der Waals surface area contributed by atoms with Crippen LogP contribution in [0, 0.1) is 5.92 Å². The molecule has 5 rings (SSSR count). The molecule has 0 aromatic heterocycles. The standard InChI is InChI=1S/C31H45F2N5O5.2ClH/c1-4-42-22-15-21-16-38(30(41)27(36-28(39)19(2)34-3)20-9-12-31(32,33)13-10-20)25(18-37(21)17-22)29(40)35-24-11-14-43-26-8-6-5-7-23(24)26;;/h5-8,19-22,24-25,27,34H,4,9-18H2,1-3H3,(H,35,40)(H,36,39);2*1H/t19-,21-,22+,24+,25-,27-;;/m0../s1. The molecule has 254 valence electrons. The first-order valence-corrected chi connectivity index (χ1v) is 15.6. The van der Waals surface area contributed by atoms with Crippen molar-refractivity contribution in [2.45, 2.75) is 94.6 Å². The van der Waals surface area contributed by atoms with Crippen molar-refractivity contribution >= 4 is 42.5 Å². The van der Waals surface area contributed by atoms with Gasteiger partial charge >= 0.3 is 0 Å². The van der Waals surface area contributed by atoms with Crippen LogP contribution in [0.15, 0.2) is 24.3 Å². The van der Waals surface area contributed by atoms with E-state index in [2.05, 4.69) is 20.9 Å². The van der Waals surface area contributed by atoms with E-state index >= 15 is 0 Å². The zero-order chi connectivity index (χ0) is 30.7. The quantitative estimate of drug-likeness (QED) is 0.368. The number of likely N-dealkylation sites (N-methyl/N-ethyl adjacent to an activating group) is 1. The van der Waals surface area contributed by atoms with E-state index in [0.29, 0.717) is 39.3 Å². The van der Waals surface area contributed by atoms with Gasteiger partial charge < -0.3 is 30.3 Å². The van der Waals surface area contributed by atoms with Crippen LogP contribution in [0.2, 0.25) is 0 Å². The number of amides is 3. The van der Waals surface area contributed by atoms with Crippen molar-refractivity contribution in [3.63, 3.8) is 0 Å². The molecule has 1 aromatic rings. The number of nitrogens with zero attached hydrogens (tertiary/aromatic N) is 2. The zero-order valence-electron chi connectivity index (χ0n) is 26.1. The fourth-order valence-corrected chi connectivity index (χ4v) is 6.98. The average molecular weight is 679 g/mol. The van der Waals surface area contributed by atoms with Gasteiger partial charge in [0, 0.05) is 57.1 Å². The lowest BCUT2D eigenvalue weighted by Gasteiger charge is -2.45. The number of carbonyl (C=O) groups excluding carboxylic acids is 3. The molecule has 3 aliphatic heterocycles. The van der Waals surface area contributed by atoms with Gasteiger partial charge in [-0.1, -0.05) is 18.2 Å². The molecule has 0 unspecified atom stereocenters. The van der Waals surface area contributed by atoms with E-state index in [1.807, 2.05) is 31.2 Å². The number of halogens is 4. The van der Waals surface area contributed by atoms with Crippen LogP contribution in [0.1, 0.15) is 64.0 Å². The van der Waals surface area contributed by atoms with E-state index in [9.17, 15) is 23.2 Å². The van der Waals surface area contributed by atoms with Crippen LogP contribution >= 0.6 is 24.8 Å². The minimum absolute atomic E-state index is 0. The first-order chi connectivity index (χ1) is 20.6. The fourth-order valence-electron chi connectivity index (χ4n) is 6.98. The van der Waals surface area contributed by atoms with Crippen LogP contribution in [0.3, 0.4) is 0 Å². The Bertz CT molecular complexity index is 1170. The predicted octanol–water partition coefficient (Wildman–Crippen LogP) is 3.08. The minimum Gasteiger partial charge on any atom is -0.493 e. The highest BCUT2D eigenvalue weighted by Gasteiger charge is 2.48. The number of carbonyl (C=O) groups is 3. The van der Waals surface area contributed by atoms with E-state index in [1.165, 1.54) is 0 Å². The highest BCUT2D eigenvalue weighted by atomic mass is 35.5. The normalized spacial score (nSPS) is 27.4. The van der Waals surface area contributed by atoms with Gasteiger partial charge in [-0.3, -0.25) is 19.3 Å². The summed E-state index contributed by atoms with van der Waals surface area (Å²) in [4.78, 5) is 45.3. The predicted molar refractivity (Wildman–Crippen MR) is 170 cm³/mol. The molecule has 3 N–H and O–H groups in total. The molecule has 3 heterocycles. The topological polar surface area (TPSA) is 112 Å². The van der Waals surface area contributed by atoms with Gasteiger partial charge in [-0.2, -0.15) is 0 Å². The summed E-state index contributed by atoms with van der Waals surface area (Å²) in [6.07, 6.45) is 0.883. The van der Waals surface area contributed by atoms with Crippen LogP contribution in [-0.2, 0) is 19.1 Å². The molecule has 3 fully saturated rings. The highest BCUT2D eigenvalue weighted by Crippen LogP contribution is 2.39. The van der Waals surface area contributed by atoms with E-state index in [0.717, 1.165) is 17.7 Å². The fraction of sp³-hybridized carbons (Fsp3) is 0.710. The molecule has 45 heavy (non-hydrogen) atoms. The number of rotatable bonds is 9. The number of nitrogens with one attached hydrogen (secondary N) is 3. The SMILES string of the molecule is CCO[C@@H]1C[C@H]2CN(C(=O)[C@@H](NC(=O)[C@H](C)NC)C3CCC(F)(F)CC3)[C@H](C(=O)N[C@@H]3CCOc4ccccc43)CN2C1.Cl.Cl. The number of benzene rings is 1. The second-order valence-corrected chi connectivity index (χ2v) is 12.4. The summed E-state index contributed by atoms with van der Waals surface area (Å²) in [5, 5.41) is 8.94. The summed E-state index contributed by atoms with van der Waals surface area (Å²) in [6.45, 7) is 5.95. The van der Waals surface area contributed by atoms with Gasteiger partial charge in [-0.25, -0.2) is 8.78 Å². The second-order valence-electron chi connectivity index (χ2n) is 12.4. The Kier molecular flexibility index (Phi) is 13.3. The van der Waals surface area contributed by atoms with Gasteiger partial charge in [-0.05, 0) is 52.1 Å². The molecule has 4 aliphatic rings. The number of fused-ring (bicyclic) bond motifs is 2. The minimum atomic E-state index is -2.78. The van der Waals surface area contributed by atoms with Gasteiger partial charge in [0.15, 0.2) is 0 Å². The number of ether oxygens (including phenoxy) is 2. The number of hydrogen-bond acceptors (Lipinski definition) is 7. The summed E-state index contributed by atoms with van der Waals surface area (Å²) in [7, 11) is 1.64. The lowest BCUT2D eigenvalue weighted by molar-refractivity contribution is -0.150. The van der Waals surface area contributed by atoms with Crippen molar-refractivity contribution in [2.75, 3.05) is 39.9 Å². The van der Waals surface area contributed by atoms with Crippen LogP contribution < -0.4 is 20.7 Å². The van der Waals surface area contributed by atoms with Gasteiger partial charge in [0.25, 0.3) is 0 Å². The third-order valence-corrected chi connectivity index (χ3v) is 9.57. The van der Waals surface area contributed by atoms with Gasteiger partial charge in [0.2, 0.25) is 23.6 Å². The van der Waals surface area contributed by atoms with Gasteiger partial charge in [-0.15, -0.1) is 24.8 Å². The number of para-hydroxylation sites is 1. The molecular formula is C31H47Cl2F2N5O5. The van der Waals surface area contributed by atoms with Crippen molar-refractivity contribution < 1.29 is 32.6 Å². The molecule has 0 bridgehead atoms. The molecule has 0 spiro atoms. The van der Waals surface area contributed by atoms with E-state index in [1.54, 1.807) is 18.9 Å². The third kappa shape index (κ3) is 8.57. The molecule has 2 saturated heterocycles. The van der Waals surface area contributed by atoms with Crippen molar-refractivity contribution in [3.8, 4) is 5.75 Å². The second kappa shape index (κ2) is 16.0. The number of alkyl halides is 2. The maximum Gasteiger partial charge on any atom is 0.248 e. The number of piperazine rings is 1. The largest absolute Gasteiger partial charge is 0.493 e. The Labute approximate surface area is 276 Å². The molecule has 14 heteroatoms. The lowest BCUT2D eigenvalue weighted by atomic mass is 9.81. The molecule has 1 saturated carbocycles. The Hall–Kier alpha value is -2.25. The monoisotopic (exact) mass is 677 g/mol. The van der Waals surface area contributed by atoms with Crippen molar-refractivity contribution in [1.82, 2.24) is 25.8 Å². The molecule has 0 radical (unpaired) electrons. The van der Waals surface area contributed by atoms with Crippen molar-refractivity contribution in [2.24, 2.45) is 5.92 Å². The van der Waals surface area contributed by atoms with Crippen molar-refractivity contribution in [1.29, 1.82) is 0 Å². The lowest BCUT2D eigenvalue weighted by Crippen LogP contribution is -2.66. The Morgan fingerprint density at radius 2 is 1.80 bits per heavy atom. The average Bonchev–Trinajstić information content (AvgIpc) is 3.40. The molecule has 6 atom stereocenters. The van der Waals surface area contributed by atoms with Gasteiger partial charge in [0.1, 0.15) is 17.8 Å². The third-order valence-electron chi connectivity index (χ3n) is 9.57. The molecule has 1 aromatic carbocycles. The highest BCUT2D eigenvalue weighted by molar-refractivity contribution is 5.93. The molecule has 1 aliphatic carbocycles. The summed E-state index contributed by atoms with van der Waals surface area (Å²) in [5.41, 5.74) is 0.889. The van der Waals surface area contributed by atoms with Crippen molar-refractivity contribution in [3.05, 3.63) is 29.8 Å².